The van der Waals surface area contributed by atoms with Crippen molar-refractivity contribution in [2.75, 3.05) is 7.11 Å². The third-order valence-corrected chi connectivity index (χ3v) is 3.12. The Morgan fingerprint density at radius 3 is 2.89 bits per heavy atom. The maximum absolute atomic E-state index is 11.0. The van der Waals surface area contributed by atoms with Crippen LogP contribution >= 0.6 is 11.6 Å². The van der Waals surface area contributed by atoms with Gasteiger partial charge >= 0.3 is 0 Å². The van der Waals surface area contributed by atoms with Crippen LogP contribution in [0.15, 0.2) is 18.2 Å². The van der Waals surface area contributed by atoms with E-state index in [4.69, 9.17) is 22.1 Å². The van der Waals surface area contributed by atoms with Crippen molar-refractivity contribution in [2.24, 2.45) is 5.73 Å². The maximum Gasteiger partial charge on any atom is 0.219 e. The number of rotatable bonds is 5. The first-order valence-corrected chi connectivity index (χ1v) is 6.43. The minimum atomic E-state index is -0.349. The lowest BCUT2D eigenvalue weighted by molar-refractivity contribution is -0.118. The first kappa shape index (κ1) is 13.7. The number of carbonyl (C=O) groups is 1. The highest BCUT2D eigenvalue weighted by Crippen LogP contribution is 2.27. The summed E-state index contributed by atoms with van der Waals surface area (Å²) in [5, 5.41) is -0.244. The lowest BCUT2D eigenvalue weighted by Crippen LogP contribution is -2.15. The highest BCUT2D eigenvalue weighted by Gasteiger charge is 2.15. The van der Waals surface area contributed by atoms with Gasteiger partial charge in [-0.2, -0.15) is 0 Å². The summed E-state index contributed by atoms with van der Waals surface area (Å²) in [7, 11) is 1.61. The predicted molar refractivity (Wildman–Crippen MR) is 74.4 cm³/mol. The van der Waals surface area contributed by atoms with Crippen molar-refractivity contribution in [1.82, 2.24) is 9.55 Å². The molecular formula is C13H16ClN3O2. The quantitative estimate of drug-likeness (QED) is 0.854. The molecule has 1 heterocycles. The minimum absolute atomic E-state index is 0.244. The Morgan fingerprint density at radius 1 is 1.58 bits per heavy atom. The molecule has 0 saturated heterocycles. The molecule has 0 spiro atoms. The first-order chi connectivity index (χ1) is 9.02. The van der Waals surface area contributed by atoms with Gasteiger partial charge in [-0.3, -0.25) is 4.79 Å². The molecule has 0 fully saturated rings. The number of methoxy groups -OCH3 is 1. The number of imidazole rings is 1. The van der Waals surface area contributed by atoms with E-state index in [9.17, 15) is 4.79 Å². The number of fused-ring (bicyclic) bond motifs is 1. The van der Waals surface area contributed by atoms with E-state index in [0.717, 1.165) is 22.6 Å². The molecule has 5 nitrogen and oxygen atoms in total. The Hall–Kier alpha value is -1.75. The highest BCUT2D eigenvalue weighted by atomic mass is 35.5. The molecule has 19 heavy (non-hydrogen) atoms. The third kappa shape index (κ3) is 2.81. The van der Waals surface area contributed by atoms with Crippen molar-refractivity contribution in [3.63, 3.8) is 0 Å². The van der Waals surface area contributed by atoms with Crippen LogP contribution in [0, 0.1) is 0 Å². The van der Waals surface area contributed by atoms with Gasteiger partial charge in [0.05, 0.1) is 23.5 Å². The van der Waals surface area contributed by atoms with E-state index >= 15 is 0 Å². The van der Waals surface area contributed by atoms with Crippen LogP contribution in [-0.4, -0.2) is 22.6 Å². The zero-order valence-electron chi connectivity index (χ0n) is 10.9. The average molecular weight is 282 g/mol. The topological polar surface area (TPSA) is 70.1 Å². The van der Waals surface area contributed by atoms with Gasteiger partial charge in [0.25, 0.3) is 0 Å². The third-order valence-electron chi connectivity index (χ3n) is 2.92. The summed E-state index contributed by atoms with van der Waals surface area (Å²) in [6, 6.07) is 5.60. The van der Waals surface area contributed by atoms with E-state index in [0.29, 0.717) is 6.54 Å². The molecule has 1 amide bonds. The number of aryl methyl sites for hydroxylation is 1. The molecule has 1 unspecified atom stereocenters. The average Bonchev–Trinajstić information content (AvgIpc) is 2.74. The van der Waals surface area contributed by atoms with Gasteiger partial charge in [0.2, 0.25) is 5.91 Å². The fourth-order valence-electron chi connectivity index (χ4n) is 2.01. The zero-order valence-corrected chi connectivity index (χ0v) is 11.6. The van der Waals surface area contributed by atoms with Crippen molar-refractivity contribution >= 4 is 28.5 Å². The summed E-state index contributed by atoms with van der Waals surface area (Å²) in [5.41, 5.74) is 6.92. The standard InChI is InChI=1S/C13H16ClN3O2/c1-8(14)13-16-10-4-3-9(19-2)7-11(10)17(13)6-5-12(15)18/h3-4,7-8H,5-6H2,1-2H3,(H2,15,18). The van der Waals surface area contributed by atoms with Crippen LogP contribution in [0.25, 0.3) is 11.0 Å². The zero-order chi connectivity index (χ0) is 14.0. The summed E-state index contributed by atoms with van der Waals surface area (Å²) in [6.07, 6.45) is 0.249. The van der Waals surface area contributed by atoms with E-state index in [1.54, 1.807) is 7.11 Å². The van der Waals surface area contributed by atoms with Crippen LogP contribution in [-0.2, 0) is 11.3 Å². The van der Waals surface area contributed by atoms with Crippen molar-refractivity contribution in [2.45, 2.75) is 25.3 Å². The Kier molecular flexibility index (Phi) is 3.95. The number of primary amides is 1. The minimum Gasteiger partial charge on any atom is -0.497 e. The number of halogens is 1. The molecule has 0 aliphatic carbocycles. The molecule has 0 saturated carbocycles. The summed E-state index contributed by atoms with van der Waals surface area (Å²) in [5.74, 6) is 1.12. The molecule has 2 N–H and O–H groups in total. The number of benzene rings is 1. The summed E-state index contributed by atoms with van der Waals surface area (Å²) in [4.78, 5) is 15.5. The van der Waals surface area contributed by atoms with Crippen LogP contribution < -0.4 is 10.5 Å². The predicted octanol–water partition coefficient (Wildman–Crippen LogP) is 2.22. The fraction of sp³-hybridized carbons (Fsp3) is 0.385. The molecule has 6 heteroatoms. The fourth-order valence-corrected chi connectivity index (χ4v) is 2.18. The van der Waals surface area contributed by atoms with Gasteiger partial charge < -0.3 is 15.0 Å². The number of aromatic nitrogens is 2. The SMILES string of the molecule is COc1ccc2nc(C(C)Cl)n(CCC(N)=O)c2c1. The van der Waals surface area contributed by atoms with Crippen LogP contribution in [0.3, 0.4) is 0 Å². The molecule has 2 aromatic rings. The van der Waals surface area contributed by atoms with Crippen LogP contribution in [0.4, 0.5) is 0 Å². The van der Waals surface area contributed by atoms with Crippen LogP contribution in [0.2, 0.25) is 0 Å². The number of carbonyl (C=O) groups excluding carboxylic acids is 1. The number of alkyl halides is 1. The van der Waals surface area contributed by atoms with E-state index in [1.807, 2.05) is 29.7 Å². The Morgan fingerprint density at radius 2 is 2.32 bits per heavy atom. The van der Waals surface area contributed by atoms with Gasteiger partial charge in [-0.15, -0.1) is 11.6 Å². The van der Waals surface area contributed by atoms with E-state index in [-0.39, 0.29) is 17.7 Å². The second-order valence-electron chi connectivity index (χ2n) is 4.31. The van der Waals surface area contributed by atoms with Crippen molar-refractivity contribution in [3.05, 3.63) is 24.0 Å². The van der Waals surface area contributed by atoms with E-state index < -0.39 is 0 Å². The summed E-state index contributed by atoms with van der Waals surface area (Å²) < 4.78 is 7.12. The number of hydrogen-bond donors (Lipinski definition) is 1. The van der Waals surface area contributed by atoms with Crippen LogP contribution in [0.5, 0.6) is 5.75 Å². The molecule has 0 aliphatic heterocycles. The van der Waals surface area contributed by atoms with E-state index in [2.05, 4.69) is 4.98 Å². The second-order valence-corrected chi connectivity index (χ2v) is 4.96. The Balaban J connectivity index is 2.53. The smallest absolute Gasteiger partial charge is 0.219 e. The summed E-state index contributed by atoms with van der Waals surface area (Å²) in [6.45, 7) is 2.31. The molecule has 2 rings (SSSR count). The normalized spacial score (nSPS) is 12.6. The number of ether oxygens (including phenoxy) is 1. The molecule has 102 valence electrons. The molecule has 0 radical (unpaired) electrons. The highest BCUT2D eigenvalue weighted by molar-refractivity contribution is 6.20. The molecule has 1 atom stereocenters. The molecule has 1 aromatic heterocycles. The Bertz CT molecular complexity index is 607. The number of amides is 1. The largest absolute Gasteiger partial charge is 0.497 e. The van der Waals surface area contributed by atoms with Gasteiger partial charge in [0.1, 0.15) is 11.6 Å². The lowest BCUT2D eigenvalue weighted by atomic mass is 10.3. The molecule has 0 aliphatic rings. The number of hydrogen-bond acceptors (Lipinski definition) is 3. The first-order valence-electron chi connectivity index (χ1n) is 5.99. The van der Waals surface area contributed by atoms with Crippen molar-refractivity contribution in [3.8, 4) is 5.75 Å². The summed E-state index contributed by atoms with van der Waals surface area (Å²) >= 11 is 6.14. The monoisotopic (exact) mass is 281 g/mol. The second kappa shape index (κ2) is 5.48. The van der Waals surface area contributed by atoms with Gasteiger partial charge in [-0.05, 0) is 19.1 Å². The molecular weight excluding hydrogens is 266 g/mol. The van der Waals surface area contributed by atoms with E-state index in [1.165, 1.54) is 0 Å². The number of nitrogens with two attached hydrogens (primary N) is 1. The van der Waals surface area contributed by atoms with Gasteiger partial charge in [-0.25, -0.2) is 4.98 Å². The van der Waals surface area contributed by atoms with Gasteiger partial charge in [0, 0.05) is 19.0 Å². The van der Waals surface area contributed by atoms with Gasteiger partial charge in [-0.1, -0.05) is 0 Å². The molecule has 0 bridgehead atoms. The number of nitrogens with zero attached hydrogens (tertiary/aromatic N) is 2. The van der Waals surface area contributed by atoms with Gasteiger partial charge in [0.15, 0.2) is 0 Å². The molecule has 1 aromatic carbocycles. The maximum atomic E-state index is 11.0. The van der Waals surface area contributed by atoms with Crippen molar-refractivity contribution in [1.29, 1.82) is 0 Å². The van der Waals surface area contributed by atoms with Crippen LogP contribution in [0.1, 0.15) is 24.5 Å². The lowest BCUT2D eigenvalue weighted by Gasteiger charge is -2.09. The Labute approximate surface area is 116 Å². The van der Waals surface area contributed by atoms with Crippen molar-refractivity contribution < 1.29 is 9.53 Å².